The fraction of sp³-hybridized carbons (Fsp3) is 0.500. The Morgan fingerprint density at radius 1 is 1.71 bits per heavy atom. The molecule has 2 atom stereocenters. The molecule has 0 unspecified atom stereocenters. The minimum Gasteiger partial charge on any atom is -0.392 e. The van der Waals surface area contributed by atoms with Crippen molar-refractivity contribution in [3.8, 4) is 6.07 Å². The molecule has 2 heterocycles. The van der Waals surface area contributed by atoms with Crippen molar-refractivity contribution in [2.45, 2.75) is 24.7 Å². The van der Waals surface area contributed by atoms with Gasteiger partial charge in [0.15, 0.2) is 5.60 Å². The van der Waals surface area contributed by atoms with Crippen LogP contribution in [0.2, 0.25) is 0 Å². The van der Waals surface area contributed by atoms with Crippen molar-refractivity contribution in [3.05, 3.63) is 33.1 Å². The average Bonchev–Trinajstić information content (AvgIpc) is 2.74. The van der Waals surface area contributed by atoms with Gasteiger partial charge < -0.3 is 9.84 Å². The van der Waals surface area contributed by atoms with Crippen LogP contribution in [0.15, 0.2) is 21.9 Å². The average molecular weight is 237 g/mol. The molecule has 7 nitrogen and oxygen atoms in total. The van der Waals surface area contributed by atoms with Gasteiger partial charge in [0.05, 0.1) is 6.61 Å². The van der Waals surface area contributed by atoms with Gasteiger partial charge in [-0.25, -0.2) is 4.79 Å². The van der Waals surface area contributed by atoms with Gasteiger partial charge in [-0.2, -0.15) is 5.26 Å². The SMILES string of the molecule is N#C[C@@]1(CO)CC[C@H](n2ccc(=O)[nH]c2=O)O1. The van der Waals surface area contributed by atoms with E-state index in [4.69, 9.17) is 15.1 Å². The number of aromatic nitrogens is 2. The van der Waals surface area contributed by atoms with Crippen LogP contribution in [0.4, 0.5) is 0 Å². The molecule has 90 valence electrons. The largest absolute Gasteiger partial charge is 0.392 e. The molecule has 2 rings (SSSR count). The molecule has 0 amide bonds. The van der Waals surface area contributed by atoms with Crippen molar-refractivity contribution in [2.75, 3.05) is 6.61 Å². The molecule has 1 aliphatic rings. The molecule has 1 aromatic rings. The maximum Gasteiger partial charge on any atom is 0.330 e. The molecule has 0 spiro atoms. The number of nitrogens with one attached hydrogen (secondary N) is 1. The number of aliphatic hydroxyl groups excluding tert-OH is 1. The summed E-state index contributed by atoms with van der Waals surface area (Å²) in [4.78, 5) is 24.5. The van der Waals surface area contributed by atoms with Crippen LogP contribution in [0, 0.1) is 11.3 Å². The second kappa shape index (κ2) is 4.16. The quantitative estimate of drug-likeness (QED) is 0.693. The predicted molar refractivity (Wildman–Crippen MR) is 56.1 cm³/mol. The van der Waals surface area contributed by atoms with Gasteiger partial charge in [-0.15, -0.1) is 0 Å². The van der Waals surface area contributed by atoms with Crippen LogP contribution < -0.4 is 11.2 Å². The maximum atomic E-state index is 11.5. The van der Waals surface area contributed by atoms with Crippen LogP contribution in [-0.2, 0) is 4.74 Å². The van der Waals surface area contributed by atoms with Gasteiger partial charge >= 0.3 is 5.69 Å². The Bertz CT molecular complexity index is 570. The molecule has 0 bridgehead atoms. The summed E-state index contributed by atoms with van der Waals surface area (Å²) in [6.45, 7) is -0.419. The first kappa shape index (κ1) is 11.6. The van der Waals surface area contributed by atoms with Crippen molar-refractivity contribution in [1.82, 2.24) is 9.55 Å². The lowest BCUT2D eigenvalue weighted by Crippen LogP contribution is -2.35. The monoisotopic (exact) mass is 237 g/mol. The number of ether oxygens (including phenoxy) is 1. The van der Waals surface area contributed by atoms with E-state index in [-0.39, 0.29) is 0 Å². The van der Waals surface area contributed by atoms with Gasteiger partial charge in [0.2, 0.25) is 0 Å². The number of aliphatic hydroxyl groups is 1. The Morgan fingerprint density at radius 2 is 2.47 bits per heavy atom. The van der Waals surface area contributed by atoms with E-state index in [1.54, 1.807) is 0 Å². The summed E-state index contributed by atoms with van der Waals surface area (Å²) in [5.41, 5.74) is -2.33. The van der Waals surface area contributed by atoms with E-state index in [0.29, 0.717) is 12.8 Å². The molecule has 0 radical (unpaired) electrons. The lowest BCUT2D eigenvalue weighted by Gasteiger charge is -2.19. The number of nitriles is 1. The third kappa shape index (κ3) is 2.00. The molecule has 17 heavy (non-hydrogen) atoms. The summed E-state index contributed by atoms with van der Waals surface area (Å²) < 4.78 is 6.59. The second-order valence-electron chi connectivity index (χ2n) is 3.89. The normalized spacial score (nSPS) is 27.9. The highest BCUT2D eigenvalue weighted by Crippen LogP contribution is 2.34. The lowest BCUT2D eigenvalue weighted by atomic mass is 10.0. The number of nitrogens with zero attached hydrogens (tertiary/aromatic N) is 2. The first-order valence-electron chi connectivity index (χ1n) is 5.12. The number of rotatable bonds is 2. The maximum absolute atomic E-state index is 11.5. The summed E-state index contributed by atoms with van der Waals surface area (Å²) in [6, 6.07) is 3.10. The van der Waals surface area contributed by atoms with Crippen molar-refractivity contribution >= 4 is 0 Å². The summed E-state index contributed by atoms with van der Waals surface area (Å²) in [7, 11) is 0. The van der Waals surface area contributed by atoms with Gasteiger partial charge in [-0.3, -0.25) is 14.3 Å². The molecule has 1 aromatic heterocycles. The molecule has 1 aliphatic heterocycles. The third-order valence-electron chi connectivity index (χ3n) is 2.78. The van der Waals surface area contributed by atoms with Gasteiger partial charge in [0.25, 0.3) is 5.56 Å². The summed E-state index contributed by atoms with van der Waals surface area (Å²) >= 11 is 0. The summed E-state index contributed by atoms with van der Waals surface area (Å²) in [5, 5.41) is 18.0. The van der Waals surface area contributed by atoms with Crippen LogP contribution in [0.3, 0.4) is 0 Å². The number of H-pyrrole nitrogens is 1. The Labute approximate surface area is 95.9 Å². The molecular formula is C10H11N3O4. The van der Waals surface area contributed by atoms with E-state index in [9.17, 15) is 9.59 Å². The Morgan fingerprint density at radius 3 is 3.00 bits per heavy atom. The highest BCUT2D eigenvalue weighted by Gasteiger charge is 2.41. The minimum absolute atomic E-state index is 0.343. The van der Waals surface area contributed by atoms with Crippen LogP contribution in [0.5, 0.6) is 0 Å². The van der Waals surface area contributed by atoms with Gasteiger partial charge in [0, 0.05) is 12.3 Å². The van der Waals surface area contributed by atoms with E-state index in [0.717, 1.165) is 0 Å². The van der Waals surface area contributed by atoms with Crippen molar-refractivity contribution in [1.29, 1.82) is 5.26 Å². The summed E-state index contributed by atoms with van der Waals surface area (Å²) in [5.74, 6) is 0. The fourth-order valence-electron chi connectivity index (χ4n) is 1.82. The second-order valence-corrected chi connectivity index (χ2v) is 3.89. The third-order valence-corrected chi connectivity index (χ3v) is 2.78. The highest BCUT2D eigenvalue weighted by atomic mass is 16.5. The van der Waals surface area contributed by atoms with E-state index >= 15 is 0 Å². The molecule has 0 saturated carbocycles. The Kier molecular flexibility index (Phi) is 2.83. The first-order valence-corrected chi connectivity index (χ1v) is 5.12. The Balaban J connectivity index is 2.30. The van der Waals surface area contributed by atoms with Gasteiger partial charge in [-0.1, -0.05) is 0 Å². The van der Waals surface area contributed by atoms with Crippen LogP contribution in [-0.4, -0.2) is 26.9 Å². The first-order chi connectivity index (χ1) is 8.10. The zero-order chi connectivity index (χ0) is 12.5. The molecule has 1 fully saturated rings. The molecule has 0 aliphatic carbocycles. The Hall–Kier alpha value is -1.91. The molecule has 1 saturated heterocycles. The zero-order valence-corrected chi connectivity index (χ0v) is 8.92. The molecule has 2 N–H and O–H groups in total. The number of hydrogen-bond donors (Lipinski definition) is 2. The van der Waals surface area contributed by atoms with Crippen molar-refractivity contribution in [2.24, 2.45) is 0 Å². The van der Waals surface area contributed by atoms with E-state index in [1.807, 2.05) is 6.07 Å². The minimum atomic E-state index is -1.25. The van der Waals surface area contributed by atoms with E-state index in [1.165, 1.54) is 16.8 Å². The lowest BCUT2D eigenvalue weighted by molar-refractivity contribution is -0.0661. The molecular weight excluding hydrogens is 226 g/mol. The number of aromatic amines is 1. The van der Waals surface area contributed by atoms with Crippen LogP contribution in [0.1, 0.15) is 19.1 Å². The van der Waals surface area contributed by atoms with Crippen molar-refractivity contribution in [3.63, 3.8) is 0 Å². The van der Waals surface area contributed by atoms with Gasteiger partial charge in [0.1, 0.15) is 12.3 Å². The van der Waals surface area contributed by atoms with E-state index < -0.39 is 29.7 Å². The van der Waals surface area contributed by atoms with Crippen molar-refractivity contribution < 1.29 is 9.84 Å². The molecule has 0 aromatic carbocycles. The van der Waals surface area contributed by atoms with Crippen LogP contribution in [0.25, 0.3) is 0 Å². The van der Waals surface area contributed by atoms with Gasteiger partial charge in [-0.05, 0) is 12.8 Å². The topological polar surface area (TPSA) is 108 Å². The zero-order valence-electron chi connectivity index (χ0n) is 8.92. The van der Waals surface area contributed by atoms with Crippen LogP contribution >= 0.6 is 0 Å². The predicted octanol–water partition coefficient (Wildman–Crippen LogP) is -0.900. The molecule has 7 heteroatoms. The standard InChI is InChI=1S/C10H11N3O4/c11-5-10(6-14)3-1-8(17-10)13-4-2-7(15)12-9(13)16/h2,4,8,14H,1,3,6H2,(H,12,15,16)/t8-,10-/m1/s1. The van der Waals surface area contributed by atoms with E-state index in [2.05, 4.69) is 4.98 Å². The highest BCUT2D eigenvalue weighted by molar-refractivity contribution is 5.05. The fourth-order valence-corrected chi connectivity index (χ4v) is 1.82. The smallest absolute Gasteiger partial charge is 0.330 e. The summed E-state index contributed by atoms with van der Waals surface area (Å²) in [6.07, 6.45) is 1.46. The number of hydrogen-bond acceptors (Lipinski definition) is 5.